The number of allylic oxidation sites excluding steroid dienone is 2. The first-order chi connectivity index (χ1) is 19.9. The second kappa shape index (κ2) is 10.6. The van der Waals surface area contributed by atoms with Gasteiger partial charge in [0.05, 0.1) is 12.5 Å². The molecule has 0 spiro atoms. The molecule has 2 aromatic rings. The van der Waals surface area contributed by atoms with Crippen molar-refractivity contribution < 1.29 is 28.1 Å². The average Bonchev–Trinajstić information content (AvgIpc) is 3.54. The van der Waals surface area contributed by atoms with E-state index >= 15 is 0 Å². The molecule has 1 saturated carbocycles. The molecule has 7 rings (SSSR count). The standard InChI is InChI=1S/C34H40FNO5/c1-21-4-3-12-34(2)16-32-27(15-29(21)34)28(33(37)41-32)18-36-13-11-26(22-5-7-24(35)8-6-22)23(17-36)19-38-25-9-10-30-31(14-25)40-20-39-30/h5-10,14,23,26-28,32H,3-4,11-13,15-20H2,1-2H3/t23-,26+,27-,28+,32+,34+/m0/s1. The summed E-state index contributed by atoms with van der Waals surface area (Å²) < 4.78 is 37.1. The van der Waals surface area contributed by atoms with Crippen LogP contribution in [0.15, 0.2) is 53.6 Å². The van der Waals surface area contributed by atoms with E-state index in [2.05, 4.69) is 18.7 Å². The van der Waals surface area contributed by atoms with Gasteiger partial charge in [0.1, 0.15) is 17.7 Å². The van der Waals surface area contributed by atoms with Crippen molar-refractivity contribution >= 4 is 5.97 Å². The normalized spacial score (nSPS) is 32.9. The summed E-state index contributed by atoms with van der Waals surface area (Å²) in [5.41, 5.74) is 4.45. The number of hydrogen-bond donors (Lipinski definition) is 0. The largest absolute Gasteiger partial charge is 0.493 e. The average molecular weight is 562 g/mol. The van der Waals surface area contributed by atoms with Crippen LogP contribution in [0.4, 0.5) is 4.39 Å². The van der Waals surface area contributed by atoms with Crippen LogP contribution in [-0.2, 0) is 9.53 Å². The van der Waals surface area contributed by atoms with Gasteiger partial charge in [-0.15, -0.1) is 0 Å². The fourth-order valence-electron chi connectivity index (χ4n) is 8.36. The molecule has 3 heterocycles. The van der Waals surface area contributed by atoms with Gasteiger partial charge >= 0.3 is 5.97 Å². The van der Waals surface area contributed by atoms with Gasteiger partial charge in [-0.3, -0.25) is 4.79 Å². The van der Waals surface area contributed by atoms with Crippen LogP contribution in [0.25, 0.3) is 0 Å². The fraction of sp³-hybridized carbons (Fsp3) is 0.559. The molecule has 5 aliphatic rings. The van der Waals surface area contributed by atoms with Crippen molar-refractivity contribution in [2.45, 2.75) is 64.4 Å². The second-order valence-electron chi connectivity index (χ2n) is 13.1. The highest BCUT2D eigenvalue weighted by Crippen LogP contribution is 2.55. The Balaban J connectivity index is 1.07. The van der Waals surface area contributed by atoms with Crippen LogP contribution in [0.5, 0.6) is 17.2 Å². The number of fused-ring (bicyclic) bond motifs is 3. The minimum atomic E-state index is -0.222. The first-order valence-corrected chi connectivity index (χ1v) is 15.3. The summed E-state index contributed by atoms with van der Waals surface area (Å²) in [4.78, 5) is 15.7. The Morgan fingerprint density at radius 2 is 1.95 bits per heavy atom. The lowest BCUT2D eigenvalue weighted by molar-refractivity contribution is -0.145. The van der Waals surface area contributed by atoms with Crippen LogP contribution < -0.4 is 14.2 Å². The van der Waals surface area contributed by atoms with Crippen molar-refractivity contribution in [3.05, 3.63) is 65.0 Å². The summed E-state index contributed by atoms with van der Waals surface area (Å²) in [6, 6.07) is 12.6. The molecule has 0 radical (unpaired) electrons. The molecule has 218 valence electrons. The third-order valence-electron chi connectivity index (χ3n) is 10.6. The first-order valence-electron chi connectivity index (χ1n) is 15.3. The number of esters is 1. The Morgan fingerprint density at radius 1 is 1.12 bits per heavy atom. The van der Waals surface area contributed by atoms with Crippen LogP contribution in [0.3, 0.4) is 0 Å². The van der Waals surface area contributed by atoms with E-state index in [9.17, 15) is 9.18 Å². The lowest BCUT2D eigenvalue weighted by atomic mass is 9.59. The minimum Gasteiger partial charge on any atom is -0.493 e. The zero-order valence-corrected chi connectivity index (χ0v) is 24.1. The summed E-state index contributed by atoms with van der Waals surface area (Å²) in [5.74, 6) is 2.53. The first kappa shape index (κ1) is 26.8. The molecule has 41 heavy (non-hydrogen) atoms. The third kappa shape index (κ3) is 5.11. The van der Waals surface area contributed by atoms with Gasteiger partial charge in [-0.05, 0) is 93.2 Å². The molecule has 2 aromatic carbocycles. The van der Waals surface area contributed by atoms with E-state index in [1.807, 2.05) is 30.3 Å². The lowest BCUT2D eigenvalue weighted by Crippen LogP contribution is -2.46. The highest BCUT2D eigenvalue weighted by atomic mass is 19.1. The Bertz CT molecular complexity index is 1340. The smallest absolute Gasteiger partial charge is 0.310 e. The number of rotatable bonds is 6. The van der Waals surface area contributed by atoms with E-state index in [1.165, 1.54) is 24.8 Å². The molecule has 6 nitrogen and oxygen atoms in total. The van der Waals surface area contributed by atoms with Gasteiger partial charge in [0.15, 0.2) is 11.5 Å². The quantitative estimate of drug-likeness (QED) is 0.297. The number of likely N-dealkylation sites (tertiary alicyclic amines) is 1. The van der Waals surface area contributed by atoms with Crippen molar-refractivity contribution in [3.63, 3.8) is 0 Å². The highest BCUT2D eigenvalue weighted by Gasteiger charge is 2.53. The molecular weight excluding hydrogens is 521 g/mol. The van der Waals surface area contributed by atoms with Crippen molar-refractivity contribution in [3.8, 4) is 17.2 Å². The Morgan fingerprint density at radius 3 is 2.80 bits per heavy atom. The maximum absolute atomic E-state index is 13.7. The number of hydrogen-bond acceptors (Lipinski definition) is 6. The molecule has 0 bridgehead atoms. The number of carbonyl (C=O) groups is 1. The number of carbonyl (C=O) groups excluding carboxylic acids is 1. The van der Waals surface area contributed by atoms with E-state index in [0.717, 1.165) is 56.0 Å². The topological polar surface area (TPSA) is 57.2 Å². The Kier molecular flexibility index (Phi) is 6.96. The van der Waals surface area contributed by atoms with Crippen LogP contribution >= 0.6 is 0 Å². The molecule has 7 heteroatoms. The zero-order valence-electron chi connectivity index (χ0n) is 24.1. The Labute approximate surface area is 241 Å². The molecule has 2 saturated heterocycles. The zero-order chi connectivity index (χ0) is 28.1. The molecular formula is C34H40FNO5. The predicted octanol–water partition coefficient (Wildman–Crippen LogP) is 6.50. The molecule has 3 fully saturated rings. The van der Waals surface area contributed by atoms with E-state index in [4.69, 9.17) is 18.9 Å². The van der Waals surface area contributed by atoms with Crippen molar-refractivity contribution in [2.24, 2.45) is 23.2 Å². The monoisotopic (exact) mass is 561 g/mol. The highest BCUT2D eigenvalue weighted by molar-refractivity contribution is 5.76. The summed E-state index contributed by atoms with van der Waals surface area (Å²) in [6.45, 7) is 7.85. The number of benzene rings is 2. The van der Waals surface area contributed by atoms with Crippen LogP contribution in [0.1, 0.15) is 63.9 Å². The molecule has 0 amide bonds. The minimum absolute atomic E-state index is 0.0192. The Hall–Kier alpha value is -3.06. The molecule has 2 aliphatic carbocycles. The van der Waals surface area contributed by atoms with E-state index in [-0.39, 0.29) is 53.8 Å². The molecule has 0 N–H and O–H groups in total. The van der Waals surface area contributed by atoms with Gasteiger partial charge in [-0.1, -0.05) is 30.2 Å². The van der Waals surface area contributed by atoms with E-state index in [0.29, 0.717) is 12.4 Å². The van der Waals surface area contributed by atoms with E-state index in [1.54, 1.807) is 17.7 Å². The molecule has 0 aromatic heterocycles. The van der Waals surface area contributed by atoms with Crippen LogP contribution in [0.2, 0.25) is 0 Å². The second-order valence-corrected chi connectivity index (χ2v) is 13.1. The molecule has 0 unspecified atom stereocenters. The van der Waals surface area contributed by atoms with Gasteiger partial charge in [0.2, 0.25) is 6.79 Å². The predicted molar refractivity (Wildman–Crippen MR) is 152 cm³/mol. The summed E-state index contributed by atoms with van der Waals surface area (Å²) >= 11 is 0. The van der Waals surface area contributed by atoms with Gasteiger partial charge < -0.3 is 23.8 Å². The molecule has 3 aliphatic heterocycles. The van der Waals surface area contributed by atoms with Crippen molar-refractivity contribution in [2.75, 3.05) is 33.0 Å². The van der Waals surface area contributed by atoms with Gasteiger partial charge in [0, 0.05) is 31.0 Å². The lowest BCUT2D eigenvalue weighted by Gasteiger charge is -2.46. The van der Waals surface area contributed by atoms with E-state index < -0.39 is 0 Å². The maximum Gasteiger partial charge on any atom is 0.310 e. The van der Waals surface area contributed by atoms with Crippen molar-refractivity contribution in [1.29, 1.82) is 0 Å². The number of piperidine rings is 1. The van der Waals surface area contributed by atoms with Gasteiger partial charge in [-0.25, -0.2) is 4.39 Å². The van der Waals surface area contributed by atoms with Gasteiger partial charge in [0.25, 0.3) is 0 Å². The molecule has 6 atom stereocenters. The maximum atomic E-state index is 13.7. The number of nitrogens with zero attached hydrogens (tertiary/aromatic N) is 1. The SMILES string of the molecule is CC1=C2C[C@@H]3[C@@H](C[C@@]2(C)CCC1)OC(=O)[C@@H]3CN1CC[C@H](c2ccc(F)cc2)[C@H](COc2ccc3c(c2)OCO3)C1. The van der Waals surface area contributed by atoms with Gasteiger partial charge in [-0.2, -0.15) is 0 Å². The number of halogens is 1. The summed E-state index contributed by atoms with van der Waals surface area (Å²) in [7, 11) is 0. The van der Waals surface area contributed by atoms with Crippen LogP contribution in [-0.4, -0.2) is 50.0 Å². The van der Waals surface area contributed by atoms with Crippen LogP contribution in [0, 0.1) is 29.0 Å². The summed E-state index contributed by atoms with van der Waals surface area (Å²) in [5, 5.41) is 0. The number of ether oxygens (including phenoxy) is 4. The van der Waals surface area contributed by atoms with Crippen molar-refractivity contribution in [1.82, 2.24) is 4.90 Å². The third-order valence-corrected chi connectivity index (χ3v) is 10.6. The fourth-order valence-corrected chi connectivity index (χ4v) is 8.36. The summed E-state index contributed by atoms with van der Waals surface area (Å²) in [6.07, 6.45) is 6.54.